The van der Waals surface area contributed by atoms with Crippen molar-refractivity contribution >= 4 is 11.9 Å². The van der Waals surface area contributed by atoms with Gasteiger partial charge in [-0.05, 0) is 0 Å². The molecule has 31 heavy (non-hydrogen) atoms. The molecule has 0 N–H and O–H groups in total. The summed E-state index contributed by atoms with van der Waals surface area (Å²) in [6, 6.07) is 10.7. The molecule has 0 aliphatic carbocycles. The number of carbonyl (C=O) groups excluding carboxylic acids is 2. The first-order valence-electron chi connectivity index (χ1n) is 8.50. The van der Waals surface area contributed by atoms with Gasteiger partial charge >= 0.3 is 24.3 Å². The first-order chi connectivity index (χ1) is 14.4. The molecule has 2 rings (SSSR count). The van der Waals surface area contributed by atoms with Crippen molar-refractivity contribution in [3.8, 4) is 0 Å². The molecule has 0 aliphatic heterocycles. The minimum Gasteiger partial charge on any atom is -0.388 e. The lowest BCUT2D eigenvalue weighted by atomic mass is 9.91. The maximum Gasteiger partial charge on any atom is 0.432 e. The second-order valence-electron chi connectivity index (χ2n) is 6.18. The molecule has 0 amide bonds. The van der Waals surface area contributed by atoms with Crippen LogP contribution in [0.1, 0.15) is 11.1 Å². The Morgan fingerprint density at radius 2 is 0.903 bits per heavy atom. The second-order valence-corrected chi connectivity index (χ2v) is 6.18. The predicted molar refractivity (Wildman–Crippen MR) is 93.5 cm³/mol. The minimum absolute atomic E-state index is 0.511. The van der Waals surface area contributed by atoms with E-state index in [-0.39, 0.29) is 0 Å². The van der Waals surface area contributed by atoms with Gasteiger partial charge in [0.05, 0.1) is 0 Å². The molecule has 0 radical (unpaired) electrons. The average Bonchev–Trinajstić information content (AvgIpc) is 2.69. The molecule has 0 unspecified atom stereocenters. The lowest BCUT2D eigenvalue weighted by molar-refractivity contribution is -0.287. The number of ether oxygens (including phenoxy) is 3. The Balaban J connectivity index is 2.60. The summed E-state index contributed by atoms with van der Waals surface area (Å²) in [6.45, 7) is 0. The maximum absolute atomic E-state index is 13.9. The highest BCUT2D eigenvalue weighted by molar-refractivity contribution is 5.96. The van der Waals surface area contributed by atoms with Gasteiger partial charge in [0, 0.05) is 25.3 Å². The average molecular weight is 450 g/mol. The monoisotopic (exact) mass is 450 g/mol. The van der Waals surface area contributed by atoms with Crippen LogP contribution in [0.25, 0.3) is 0 Å². The summed E-state index contributed by atoms with van der Waals surface area (Å²) in [4.78, 5) is 25.1. The Kier molecular flexibility index (Phi) is 6.81. The number of alkyl halides is 6. The van der Waals surface area contributed by atoms with Crippen LogP contribution in [-0.4, -0.2) is 38.5 Å². The van der Waals surface area contributed by atoms with Crippen molar-refractivity contribution in [3.63, 3.8) is 0 Å². The van der Waals surface area contributed by atoms with Gasteiger partial charge in [0.15, 0.2) is 0 Å². The van der Waals surface area contributed by atoms with E-state index in [0.717, 1.165) is 48.5 Å². The molecule has 0 bridgehead atoms. The number of halogens is 6. The third-order valence-electron chi connectivity index (χ3n) is 4.53. The van der Waals surface area contributed by atoms with Crippen molar-refractivity contribution in [3.05, 3.63) is 71.8 Å². The third kappa shape index (κ3) is 4.02. The fraction of sp³-hybridized carbons (Fsp3) is 0.300. The van der Waals surface area contributed by atoms with Gasteiger partial charge in [0.25, 0.3) is 11.2 Å². The van der Waals surface area contributed by atoms with Crippen molar-refractivity contribution in [2.24, 2.45) is 0 Å². The van der Waals surface area contributed by atoms with Crippen molar-refractivity contribution in [1.82, 2.24) is 0 Å². The minimum atomic E-state index is -5.48. The molecule has 0 spiro atoms. The zero-order valence-electron chi connectivity index (χ0n) is 16.1. The first-order valence-corrected chi connectivity index (χ1v) is 8.50. The number of rotatable bonds is 6. The van der Waals surface area contributed by atoms with E-state index >= 15 is 0 Å². The van der Waals surface area contributed by atoms with Gasteiger partial charge in [-0.3, -0.25) is 0 Å². The van der Waals surface area contributed by atoms with Crippen LogP contribution in [0.2, 0.25) is 0 Å². The quantitative estimate of drug-likeness (QED) is 0.374. The van der Waals surface area contributed by atoms with E-state index in [0.29, 0.717) is 14.2 Å². The van der Waals surface area contributed by atoms with Gasteiger partial charge in [-0.1, -0.05) is 60.7 Å². The Hall–Kier alpha value is -2.92. The lowest BCUT2D eigenvalue weighted by Gasteiger charge is -2.35. The molecule has 0 saturated carbocycles. The van der Waals surface area contributed by atoms with Crippen molar-refractivity contribution < 1.29 is 50.1 Å². The molecular formula is C20H16F6O5. The Labute approximate surface area is 172 Å². The highest BCUT2D eigenvalue weighted by atomic mass is 19.4. The van der Waals surface area contributed by atoms with E-state index in [9.17, 15) is 35.9 Å². The van der Waals surface area contributed by atoms with E-state index < -0.39 is 46.6 Å². The summed E-state index contributed by atoms with van der Waals surface area (Å²) in [5, 5.41) is 0. The number of benzene rings is 2. The van der Waals surface area contributed by atoms with Crippen LogP contribution in [0.3, 0.4) is 0 Å². The van der Waals surface area contributed by atoms with E-state index in [1.807, 2.05) is 0 Å². The summed E-state index contributed by atoms with van der Waals surface area (Å²) in [5.41, 5.74) is -9.30. The van der Waals surface area contributed by atoms with Crippen LogP contribution in [0.4, 0.5) is 26.3 Å². The summed E-state index contributed by atoms with van der Waals surface area (Å²) in [5.74, 6) is -4.80. The number of methoxy groups -OCH3 is 2. The second kappa shape index (κ2) is 8.67. The van der Waals surface area contributed by atoms with E-state index in [1.165, 1.54) is 12.1 Å². The molecule has 0 aliphatic rings. The molecule has 0 fully saturated rings. The predicted octanol–water partition coefficient (Wildman–Crippen LogP) is 4.26. The summed E-state index contributed by atoms with van der Waals surface area (Å²) >= 11 is 0. The van der Waals surface area contributed by atoms with E-state index in [2.05, 4.69) is 14.2 Å². The summed E-state index contributed by atoms with van der Waals surface area (Å²) in [6.07, 6.45) is -11.0. The van der Waals surface area contributed by atoms with E-state index in [4.69, 9.17) is 0 Å². The van der Waals surface area contributed by atoms with Gasteiger partial charge in [0.2, 0.25) is 0 Å². The number of carbonyl (C=O) groups is 2. The van der Waals surface area contributed by atoms with Crippen LogP contribution in [0, 0.1) is 0 Å². The Morgan fingerprint density at radius 1 is 0.613 bits per heavy atom. The van der Waals surface area contributed by atoms with Crippen LogP contribution in [0.5, 0.6) is 0 Å². The maximum atomic E-state index is 13.9. The van der Waals surface area contributed by atoms with Gasteiger partial charge in [0.1, 0.15) is 0 Å². The summed E-state index contributed by atoms with van der Waals surface area (Å²) < 4.78 is 96.4. The SMILES string of the molecule is CO[C@](C(=O)OC(=O)[C@@](OC)(c1ccccc1)C(F)(F)F)(c1ccccc1)C(F)(F)F. The molecule has 0 saturated heterocycles. The topological polar surface area (TPSA) is 61.8 Å². The summed E-state index contributed by atoms with van der Waals surface area (Å²) in [7, 11) is 1.02. The van der Waals surface area contributed by atoms with Crippen molar-refractivity contribution in [2.75, 3.05) is 14.2 Å². The first kappa shape index (κ1) is 24.4. The molecular weight excluding hydrogens is 434 g/mol. The third-order valence-corrected chi connectivity index (χ3v) is 4.53. The normalized spacial score (nSPS) is 16.1. The zero-order chi connectivity index (χ0) is 23.5. The number of hydrogen-bond acceptors (Lipinski definition) is 5. The van der Waals surface area contributed by atoms with Gasteiger partial charge in [-0.2, -0.15) is 26.3 Å². The smallest absolute Gasteiger partial charge is 0.388 e. The fourth-order valence-electron chi connectivity index (χ4n) is 3.00. The lowest BCUT2D eigenvalue weighted by Crippen LogP contribution is -2.56. The Morgan fingerprint density at radius 3 is 1.13 bits per heavy atom. The van der Waals surface area contributed by atoms with Crippen LogP contribution < -0.4 is 0 Å². The van der Waals surface area contributed by atoms with Gasteiger partial charge in [-0.25, -0.2) is 9.59 Å². The zero-order valence-corrected chi connectivity index (χ0v) is 16.1. The van der Waals surface area contributed by atoms with Crippen LogP contribution in [-0.2, 0) is 35.0 Å². The molecule has 2 atom stereocenters. The highest BCUT2D eigenvalue weighted by Gasteiger charge is 2.68. The van der Waals surface area contributed by atoms with Gasteiger partial charge < -0.3 is 14.2 Å². The molecule has 0 aromatic heterocycles. The largest absolute Gasteiger partial charge is 0.432 e. The molecule has 11 heteroatoms. The molecule has 0 heterocycles. The molecule has 5 nitrogen and oxygen atoms in total. The Bertz CT molecular complexity index is 838. The fourth-order valence-corrected chi connectivity index (χ4v) is 3.00. The van der Waals surface area contributed by atoms with Crippen LogP contribution >= 0.6 is 0 Å². The number of esters is 2. The molecule has 2 aromatic carbocycles. The number of hydrogen-bond donors (Lipinski definition) is 0. The van der Waals surface area contributed by atoms with Crippen molar-refractivity contribution in [1.29, 1.82) is 0 Å². The van der Waals surface area contributed by atoms with E-state index in [1.54, 1.807) is 0 Å². The van der Waals surface area contributed by atoms with Crippen molar-refractivity contribution in [2.45, 2.75) is 23.6 Å². The van der Waals surface area contributed by atoms with Crippen LogP contribution in [0.15, 0.2) is 60.7 Å². The standard InChI is InChI=1S/C20H16F6O5/c1-29-17(19(21,22)23,13-9-5-3-6-10-13)15(27)31-16(28)18(30-2,20(24,25)26)14-11-7-4-8-12-14/h3-12H,1-2H3/t17-,18-/m0/s1. The highest BCUT2D eigenvalue weighted by Crippen LogP contribution is 2.46. The molecule has 168 valence electrons. The van der Waals surface area contributed by atoms with Gasteiger partial charge in [-0.15, -0.1) is 0 Å². The molecule has 2 aromatic rings.